The van der Waals surface area contributed by atoms with E-state index in [2.05, 4.69) is 5.43 Å². The third-order valence-corrected chi connectivity index (χ3v) is 2.07. The summed E-state index contributed by atoms with van der Waals surface area (Å²) in [4.78, 5) is 0. The fraction of sp³-hybridized carbons (Fsp3) is 0.455. The lowest BCUT2D eigenvalue weighted by Crippen LogP contribution is -2.33. The molecular weight excluding hydrogens is 208 g/mol. The van der Waals surface area contributed by atoms with Crippen molar-refractivity contribution in [3.05, 3.63) is 18.2 Å². The molecule has 1 rings (SSSR count). The van der Waals surface area contributed by atoms with Crippen molar-refractivity contribution in [2.45, 2.75) is 13.0 Å². The van der Waals surface area contributed by atoms with Gasteiger partial charge in [0.25, 0.3) is 0 Å². The Hall–Kier alpha value is -1.46. The highest BCUT2D eigenvalue weighted by atomic mass is 16.5. The van der Waals surface area contributed by atoms with Gasteiger partial charge in [-0.15, -0.1) is 0 Å². The molecule has 0 heterocycles. The molecule has 0 radical (unpaired) electrons. The molecule has 16 heavy (non-hydrogen) atoms. The first-order valence-corrected chi connectivity index (χ1v) is 5.02. The minimum Gasteiger partial charge on any atom is -0.496 e. The molecule has 1 unspecified atom stereocenters. The van der Waals surface area contributed by atoms with Gasteiger partial charge in [-0.3, -0.25) is 11.3 Å². The summed E-state index contributed by atoms with van der Waals surface area (Å²) >= 11 is 0. The van der Waals surface area contributed by atoms with Crippen LogP contribution in [0.5, 0.6) is 17.2 Å². The number of rotatable bonds is 6. The molecule has 0 aliphatic rings. The minimum atomic E-state index is -0.0261. The number of hydrogen-bond acceptors (Lipinski definition) is 5. The lowest BCUT2D eigenvalue weighted by molar-refractivity contribution is 0.216. The van der Waals surface area contributed by atoms with Crippen molar-refractivity contribution < 1.29 is 14.2 Å². The van der Waals surface area contributed by atoms with Gasteiger partial charge in [0.2, 0.25) is 0 Å². The molecule has 0 bridgehead atoms. The van der Waals surface area contributed by atoms with E-state index >= 15 is 0 Å². The lowest BCUT2D eigenvalue weighted by atomic mass is 10.3. The van der Waals surface area contributed by atoms with Crippen molar-refractivity contribution in [2.75, 3.05) is 20.8 Å². The number of nitrogens with one attached hydrogen (secondary N) is 1. The molecule has 5 nitrogen and oxygen atoms in total. The van der Waals surface area contributed by atoms with Gasteiger partial charge in [0.15, 0.2) is 0 Å². The summed E-state index contributed by atoms with van der Waals surface area (Å²) in [5.41, 5.74) is 2.56. The van der Waals surface area contributed by atoms with Crippen molar-refractivity contribution in [3.8, 4) is 17.2 Å². The maximum Gasteiger partial charge on any atom is 0.127 e. The minimum absolute atomic E-state index is 0.0261. The van der Waals surface area contributed by atoms with E-state index in [0.717, 1.165) is 0 Å². The standard InChI is InChI=1S/C11H18N2O3/c1-8(7-13-12)16-11-5-9(14-2)4-10(6-11)15-3/h4-6,8,13H,7,12H2,1-3H3. The van der Waals surface area contributed by atoms with E-state index < -0.39 is 0 Å². The highest BCUT2D eigenvalue weighted by molar-refractivity contribution is 5.42. The monoisotopic (exact) mass is 226 g/mol. The van der Waals surface area contributed by atoms with Crippen molar-refractivity contribution in [1.82, 2.24) is 5.43 Å². The van der Waals surface area contributed by atoms with Crippen LogP contribution in [-0.4, -0.2) is 26.9 Å². The molecule has 1 aromatic rings. The highest BCUT2D eigenvalue weighted by Crippen LogP contribution is 2.27. The van der Waals surface area contributed by atoms with Crippen LogP contribution in [0.3, 0.4) is 0 Å². The molecular formula is C11H18N2O3. The summed E-state index contributed by atoms with van der Waals surface area (Å²) in [7, 11) is 3.20. The zero-order valence-corrected chi connectivity index (χ0v) is 9.82. The smallest absolute Gasteiger partial charge is 0.127 e. The lowest BCUT2D eigenvalue weighted by Gasteiger charge is -2.15. The summed E-state index contributed by atoms with van der Waals surface area (Å²) in [6.07, 6.45) is -0.0261. The van der Waals surface area contributed by atoms with Gasteiger partial charge < -0.3 is 14.2 Å². The number of nitrogens with two attached hydrogens (primary N) is 1. The molecule has 90 valence electrons. The van der Waals surface area contributed by atoms with E-state index in [-0.39, 0.29) is 6.10 Å². The van der Waals surface area contributed by atoms with Gasteiger partial charge in [-0.2, -0.15) is 0 Å². The second-order valence-electron chi connectivity index (χ2n) is 3.39. The van der Waals surface area contributed by atoms with E-state index in [4.69, 9.17) is 20.1 Å². The summed E-state index contributed by atoms with van der Waals surface area (Å²) in [5, 5.41) is 0. The van der Waals surface area contributed by atoms with Gasteiger partial charge in [-0.05, 0) is 6.92 Å². The molecule has 1 atom stereocenters. The first-order chi connectivity index (χ1) is 7.69. The molecule has 0 saturated carbocycles. The van der Waals surface area contributed by atoms with Gasteiger partial charge >= 0.3 is 0 Å². The second-order valence-corrected chi connectivity index (χ2v) is 3.39. The molecule has 0 fully saturated rings. The second kappa shape index (κ2) is 6.19. The van der Waals surface area contributed by atoms with Gasteiger partial charge in [0, 0.05) is 24.7 Å². The van der Waals surface area contributed by atoms with Crippen LogP contribution in [0.4, 0.5) is 0 Å². The summed E-state index contributed by atoms with van der Waals surface area (Å²) in [6, 6.07) is 5.39. The maximum absolute atomic E-state index is 5.64. The summed E-state index contributed by atoms with van der Waals surface area (Å²) in [6.45, 7) is 2.49. The quantitative estimate of drug-likeness (QED) is 0.558. The maximum atomic E-state index is 5.64. The Morgan fingerprint density at radius 3 is 2.06 bits per heavy atom. The highest BCUT2D eigenvalue weighted by Gasteiger charge is 2.06. The Morgan fingerprint density at radius 1 is 1.12 bits per heavy atom. The van der Waals surface area contributed by atoms with Gasteiger partial charge in [0.05, 0.1) is 14.2 Å². The first kappa shape index (κ1) is 12.6. The van der Waals surface area contributed by atoms with E-state index in [9.17, 15) is 0 Å². The van der Waals surface area contributed by atoms with Crippen LogP contribution in [-0.2, 0) is 0 Å². The normalized spacial score (nSPS) is 12.0. The van der Waals surface area contributed by atoms with Crippen molar-refractivity contribution in [3.63, 3.8) is 0 Å². The number of ether oxygens (including phenoxy) is 3. The molecule has 0 spiro atoms. The van der Waals surface area contributed by atoms with E-state index in [0.29, 0.717) is 23.8 Å². The predicted molar refractivity (Wildman–Crippen MR) is 61.8 cm³/mol. The fourth-order valence-corrected chi connectivity index (χ4v) is 1.29. The van der Waals surface area contributed by atoms with Crippen LogP contribution < -0.4 is 25.5 Å². The Bertz CT molecular complexity index is 309. The molecule has 0 aromatic heterocycles. The summed E-state index contributed by atoms with van der Waals surface area (Å²) < 4.78 is 15.9. The Labute approximate surface area is 95.5 Å². The largest absolute Gasteiger partial charge is 0.496 e. The fourth-order valence-electron chi connectivity index (χ4n) is 1.29. The number of hydrogen-bond donors (Lipinski definition) is 2. The average molecular weight is 226 g/mol. The van der Waals surface area contributed by atoms with Crippen LogP contribution in [0.1, 0.15) is 6.92 Å². The van der Waals surface area contributed by atoms with E-state index in [1.54, 1.807) is 32.4 Å². The molecule has 0 amide bonds. The van der Waals surface area contributed by atoms with Crippen molar-refractivity contribution in [2.24, 2.45) is 5.84 Å². The topological polar surface area (TPSA) is 65.7 Å². The van der Waals surface area contributed by atoms with Crippen LogP contribution in [0.15, 0.2) is 18.2 Å². The van der Waals surface area contributed by atoms with Gasteiger partial charge in [-0.25, -0.2) is 0 Å². The SMILES string of the molecule is COc1cc(OC)cc(OC(C)CNN)c1. The zero-order valence-electron chi connectivity index (χ0n) is 9.82. The van der Waals surface area contributed by atoms with Crippen LogP contribution in [0, 0.1) is 0 Å². The Kier molecular flexibility index (Phi) is 4.88. The molecule has 0 saturated heterocycles. The molecule has 3 N–H and O–H groups in total. The predicted octanol–water partition coefficient (Wildman–Crippen LogP) is 0.934. The van der Waals surface area contributed by atoms with Crippen LogP contribution >= 0.6 is 0 Å². The molecule has 0 aliphatic carbocycles. The number of benzene rings is 1. The summed E-state index contributed by atoms with van der Waals surface area (Å²) in [5.74, 6) is 7.30. The van der Waals surface area contributed by atoms with E-state index in [1.165, 1.54) is 0 Å². The van der Waals surface area contributed by atoms with Gasteiger partial charge in [0.1, 0.15) is 23.4 Å². The third-order valence-electron chi connectivity index (χ3n) is 2.07. The van der Waals surface area contributed by atoms with Gasteiger partial charge in [-0.1, -0.05) is 0 Å². The molecule has 5 heteroatoms. The molecule has 0 aliphatic heterocycles. The molecule has 1 aromatic carbocycles. The van der Waals surface area contributed by atoms with Crippen LogP contribution in [0.25, 0.3) is 0 Å². The van der Waals surface area contributed by atoms with Crippen molar-refractivity contribution >= 4 is 0 Å². The average Bonchev–Trinajstić information content (AvgIpc) is 2.28. The van der Waals surface area contributed by atoms with Crippen LogP contribution in [0.2, 0.25) is 0 Å². The number of methoxy groups -OCH3 is 2. The van der Waals surface area contributed by atoms with E-state index in [1.807, 2.05) is 6.92 Å². The third kappa shape index (κ3) is 3.60. The Balaban J connectivity index is 2.78. The van der Waals surface area contributed by atoms with Crippen molar-refractivity contribution in [1.29, 1.82) is 0 Å². The zero-order chi connectivity index (χ0) is 12.0. The first-order valence-electron chi connectivity index (χ1n) is 5.02. The Morgan fingerprint density at radius 2 is 1.62 bits per heavy atom. The number of hydrazine groups is 1.